The first-order valence-electron chi connectivity index (χ1n) is 7.86. The van der Waals surface area contributed by atoms with Crippen LogP contribution in [0.15, 0.2) is 48.5 Å². The van der Waals surface area contributed by atoms with Crippen molar-refractivity contribution >= 4 is 28.5 Å². The number of ether oxygens (including phenoxy) is 1. The second-order valence-corrected chi connectivity index (χ2v) is 6.90. The molecule has 0 spiro atoms. The SMILES string of the molecule is COC(=O)c1ccc(CN(C(CCCl)c2ccccc2)[SH](=O)=O)c(F)c1. The van der Waals surface area contributed by atoms with Gasteiger partial charge in [0.05, 0.1) is 18.7 Å². The Kier molecular flexibility index (Phi) is 7.56. The predicted molar refractivity (Wildman–Crippen MR) is 98.1 cm³/mol. The first-order chi connectivity index (χ1) is 12.5. The van der Waals surface area contributed by atoms with Crippen LogP contribution in [-0.4, -0.2) is 31.7 Å². The Morgan fingerprint density at radius 3 is 2.46 bits per heavy atom. The van der Waals surface area contributed by atoms with Gasteiger partial charge in [-0.2, -0.15) is 4.31 Å². The zero-order chi connectivity index (χ0) is 19.1. The van der Waals surface area contributed by atoms with Crippen LogP contribution < -0.4 is 0 Å². The molecule has 0 aliphatic rings. The smallest absolute Gasteiger partial charge is 0.337 e. The standard InChI is InChI=1S/C18H19ClFNO4S/c1-25-18(22)14-7-8-15(16(20)11-14)12-21(26(23)24)17(9-10-19)13-5-3-2-4-6-13/h2-8,11,17,26H,9-10,12H2,1H3. The van der Waals surface area contributed by atoms with E-state index in [4.69, 9.17) is 11.6 Å². The average Bonchev–Trinajstić information content (AvgIpc) is 2.65. The summed E-state index contributed by atoms with van der Waals surface area (Å²) in [6.07, 6.45) is 0.386. The lowest BCUT2D eigenvalue weighted by Gasteiger charge is -2.26. The van der Waals surface area contributed by atoms with Crippen LogP contribution in [0.2, 0.25) is 0 Å². The number of methoxy groups -OCH3 is 1. The summed E-state index contributed by atoms with van der Waals surface area (Å²) in [5, 5.41) is 0. The molecule has 8 heteroatoms. The topological polar surface area (TPSA) is 63.7 Å². The minimum Gasteiger partial charge on any atom is -0.465 e. The molecule has 26 heavy (non-hydrogen) atoms. The molecule has 0 heterocycles. The van der Waals surface area contributed by atoms with Crippen LogP contribution >= 0.6 is 11.6 Å². The molecule has 0 radical (unpaired) electrons. The molecular formula is C18H19ClFNO4S. The van der Waals surface area contributed by atoms with Gasteiger partial charge in [0.2, 0.25) is 10.9 Å². The Morgan fingerprint density at radius 2 is 1.92 bits per heavy atom. The summed E-state index contributed by atoms with van der Waals surface area (Å²) in [6, 6.07) is 12.4. The summed E-state index contributed by atoms with van der Waals surface area (Å²) in [7, 11) is -1.78. The van der Waals surface area contributed by atoms with Gasteiger partial charge in [0.15, 0.2) is 0 Å². The number of rotatable bonds is 8. The molecule has 0 saturated heterocycles. The minimum atomic E-state index is -2.98. The largest absolute Gasteiger partial charge is 0.465 e. The highest BCUT2D eigenvalue weighted by atomic mass is 35.5. The van der Waals surface area contributed by atoms with E-state index in [1.54, 1.807) is 24.3 Å². The summed E-state index contributed by atoms with van der Waals surface area (Å²) in [5.74, 6) is -1.08. The lowest BCUT2D eigenvalue weighted by molar-refractivity contribution is 0.0600. The van der Waals surface area contributed by atoms with Crippen molar-refractivity contribution in [3.63, 3.8) is 0 Å². The number of hydrogen-bond donors (Lipinski definition) is 1. The molecule has 0 aliphatic heterocycles. The maximum absolute atomic E-state index is 14.4. The van der Waals surface area contributed by atoms with Crippen molar-refractivity contribution in [2.75, 3.05) is 13.0 Å². The third kappa shape index (κ3) is 5.03. The Balaban J connectivity index is 2.34. The maximum atomic E-state index is 14.4. The van der Waals surface area contributed by atoms with Gasteiger partial charge < -0.3 is 4.74 Å². The number of alkyl halides is 1. The normalized spacial score (nSPS) is 12.3. The van der Waals surface area contributed by atoms with Crippen LogP contribution in [0.5, 0.6) is 0 Å². The maximum Gasteiger partial charge on any atom is 0.337 e. The molecule has 2 aromatic rings. The molecule has 0 saturated carbocycles. The summed E-state index contributed by atoms with van der Waals surface area (Å²) in [5.41, 5.74) is 0.999. The molecule has 1 atom stereocenters. The van der Waals surface area contributed by atoms with Gasteiger partial charge in [-0.3, -0.25) is 0 Å². The quantitative estimate of drug-likeness (QED) is 0.420. The third-order valence-corrected chi connectivity index (χ3v) is 5.00. The van der Waals surface area contributed by atoms with Gasteiger partial charge in [-0.05, 0) is 24.1 Å². The van der Waals surface area contributed by atoms with Crippen LogP contribution in [0.25, 0.3) is 0 Å². The van der Waals surface area contributed by atoms with Gasteiger partial charge in [0.25, 0.3) is 0 Å². The van der Waals surface area contributed by atoms with Gasteiger partial charge in [-0.15, -0.1) is 11.6 Å². The van der Waals surface area contributed by atoms with E-state index in [9.17, 15) is 17.6 Å². The van der Waals surface area contributed by atoms with Crippen molar-refractivity contribution in [1.82, 2.24) is 4.31 Å². The number of carbonyl (C=O) groups is 1. The van der Waals surface area contributed by atoms with Crippen molar-refractivity contribution in [3.05, 3.63) is 71.0 Å². The fourth-order valence-corrected chi connectivity index (χ4v) is 3.59. The van der Waals surface area contributed by atoms with Gasteiger partial charge in [0.1, 0.15) is 5.82 Å². The third-order valence-electron chi connectivity index (χ3n) is 3.94. The van der Waals surface area contributed by atoms with Crippen molar-refractivity contribution in [2.45, 2.75) is 19.0 Å². The Bertz CT molecular complexity index is 821. The van der Waals surface area contributed by atoms with E-state index in [0.29, 0.717) is 6.42 Å². The molecule has 0 aliphatic carbocycles. The Labute approximate surface area is 158 Å². The van der Waals surface area contributed by atoms with E-state index >= 15 is 0 Å². The molecule has 0 fully saturated rings. The molecule has 0 amide bonds. The highest BCUT2D eigenvalue weighted by Gasteiger charge is 2.24. The van der Waals surface area contributed by atoms with Crippen LogP contribution in [-0.2, 0) is 22.2 Å². The van der Waals surface area contributed by atoms with E-state index in [-0.39, 0.29) is 23.6 Å². The summed E-state index contributed by atoms with van der Waals surface area (Å²) >= 11 is 5.85. The van der Waals surface area contributed by atoms with Crippen LogP contribution in [0.4, 0.5) is 4.39 Å². The van der Waals surface area contributed by atoms with E-state index in [0.717, 1.165) is 11.6 Å². The number of halogens is 2. The number of carbonyl (C=O) groups excluding carboxylic acids is 1. The lowest BCUT2D eigenvalue weighted by atomic mass is 10.0. The minimum absolute atomic E-state index is 0.0622. The van der Waals surface area contributed by atoms with E-state index < -0.39 is 28.7 Å². The second-order valence-electron chi connectivity index (χ2n) is 5.54. The van der Waals surface area contributed by atoms with Crippen molar-refractivity contribution in [3.8, 4) is 0 Å². The second kappa shape index (κ2) is 9.66. The molecular weight excluding hydrogens is 381 g/mol. The predicted octanol–water partition coefficient (Wildman–Crippen LogP) is 3.31. The molecule has 0 N–H and O–H groups in total. The van der Waals surface area contributed by atoms with Crippen LogP contribution in [0.3, 0.4) is 0 Å². The lowest BCUT2D eigenvalue weighted by Crippen LogP contribution is -2.28. The first kappa shape index (κ1) is 20.4. The molecule has 5 nitrogen and oxygen atoms in total. The fraction of sp³-hybridized carbons (Fsp3) is 0.278. The van der Waals surface area contributed by atoms with Crippen LogP contribution in [0.1, 0.15) is 33.9 Å². The molecule has 0 aromatic heterocycles. The van der Waals surface area contributed by atoms with E-state index in [2.05, 4.69) is 4.74 Å². The summed E-state index contributed by atoms with van der Waals surface area (Å²) in [4.78, 5) is 11.5. The number of thiol groups is 1. The van der Waals surface area contributed by atoms with Crippen molar-refractivity contribution < 1.29 is 22.3 Å². The monoisotopic (exact) mass is 399 g/mol. The highest BCUT2D eigenvalue weighted by Crippen LogP contribution is 2.27. The number of benzene rings is 2. The highest BCUT2D eigenvalue weighted by molar-refractivity contribution is 7.69. The number of nitrogens with zero attached hydrogens (tertiary/aromatic N) is 1. The van der Waals surface area contributed by atoms with Gasteiger partial charge >= 0.3 is 5.97 Å². The molecule has 2 aromatic carbocycles. The Morgan fingerprint density at radius 1 is 1.23 bits per heavy atom. The zero-order valence-corrected chi connectivity index (χ0v) is 15.8. The van der Waals surface area contributed by atoms with Gasteiger partial charge in [-0.1, -0.05) is 36.4 Å². The number of esters is 1. The van der Waals surface area contributed by atoms with E-state index in [1.807, 2.05) is 6.07 Å². The average molecular weight is 400 g/mol. The zero-order valence-electron chi connectivity index (χ0n) is 14.1. The van der Waals surface area contributed by atoms with Crippen molar-refractivity contribution in [2.24, 2.45) is 0 Å². The molecule has 2 rings (SSSR count). The van der Waals surface area contributed by atoms with Crippen molar-refractivity contribution in [1.29, 1.82) is 0 Å². The summed E-state index contributed by atoms with van der Waals surface area (Å²) < 4.78 is 43.8. The number of hydrogen-bond acceptors (Lipinski definition) is 4. The molecule has 140 valence electrons. The molecule has 1 unspecified atom stereocenters. The van der Waals surface area contributed by atoms with Crippen LogP contribution in [0, 0.1) is 5.82 Å². The summed E-state index contributed by atoms with van der Waals surface area (Å²) in [6.45, 7) is -0.164. The molecule has 0 bridgehead atoms. The van der Waals surface area contributed by atoms with Gasteiger partial charge in [-0.25, -0.2) is 17.6 Å². The van der Waals surface area contributed by atoms with Gasteiger partial charge in [0, 0.05) is 18.0 Å². The first-order valence-corrected chi connectivity index (χ1v) is 9.53. The fourth-order valence-electron chi connectivity index (χ4n) is 2.64. The Hall–Kier alpha value is -1.96. The van der Waals surface area contributed by atoms with E-state index in [1.165, 1.54) is 23.5 Å².